The lowest BCUT2D eigenvalue weighted by Crippen LogP contribution is -2.39. The SMILES string of the molecule is C=CCOC(=O)N1CC(OS(C)(=O)=O)CC1COCCNC(N)=O. The smallest absolute Gasteiger partial charge is 0.410 e. The first-order valence-corrected chi connectivity index (χ1v) is 9.08. The van der Waals surface area contributed by atoms with Crippen LogP contribution in [0.4, 0.5) is 9.59 Å². The number of urea groups is 1. The van der Waals surface area contributed by atoms with E-state index in [0.717, 1.165) is 6.26 Å². The van der Waals surface area contributed by atoms with Gasteiger partial charge in [0, 0.05) is 6.54 Å². The number of rotatable bonds is 9. The van der Waals surface area contributed by atoms with Crippen molar-refractivity contribution < 1.29 is 31.7 Å². The highest BCUT2D eigenvalue weighted by Crippen LogP contribution is 2.23. The molecule has 2 unspecified atom stereocenters. The van der Waals surface area contributed by atoms with E-state index < -0.39 is 34.4 Å². The summed E-state index contributed by atoms with van der Waals surface area (Å²) in [6.07, 6.45) is 1.41. The van der Waals surface area contributed by atoms with Gasteiger partial charge in [0.15, 0.2) is 0 Å². The molecule has 10 nitrogen and oxygen atoms in total. The summed E-state index contributed by atoms with van der Waals surface area (Å²) in [5, 5.41) is 2.37. The molecule has 0 saturated carbocycles. The fraction of sp³-hybridized carbons (Fsp3) is 0.692. The molecular weight excluding hydrogens is 342 g/mol. The summed E-state index contributed by atoms with van der Waals surface area (Å²) < 4.78 is 37.8. The number of amides is 3. The Morgan fingerprint density at radius 2 is 2.17 bits per heavy atom. The van der Waals surface area contributed by atoms with E-state index in [1.165, 1.54) is 11.0 Å². The Kier molecular flexibility index (Phi) is 7.95. The lowest BCUT2D eigenvalue weighted by atomic mass is 10.2. The van der Waals surface area contributed by atoms with Crippen molar-refractivity contribution in [1.29, 1.82) is 0 Å². The summed E-state index contributed by atoms with van der Waals surface area (Å²) in [6.45, 7) is 4.16. The molecule has 0 bridgehead atoms. The van der Waals surface area contributed by atoms with Gasteiger partial charge in [-0.1, -0.05) is 12.7 Å². The number of nitrogens with one attached hydrogen (secondary N) is 1. The highest BCUT2D eigenvalue weighted by atomic mass is 32.2. The quantitative estimate of drug-likeness (QED) is 0.316. The van der Waals surface area contributed by atoms with Crippen LogP contribution >= 0.6 is 0 Å². The van der Waals surface area contributed by atoms with Gasteiger partial charge in [-0.25, -0.2) is 9.59 Å². The Morgan fingerprint density at radius 1 is 1.46 bits per heavy atom. The summed E-state index contributed by atoms with van der Waals surface area (Å²) in [6, 6.07) is -1.06. The lowest BCUT2D eigenvalue weighted by molar-refractivity contribution is 0.0633. The number of hydrogen-bond donors (Lipinski definition) is 2. The van der Waals surface area contributed by atoms with E-state index >= 15 is 0 Å². The predicted molar refractivity (Wildman–Crippen MR) is 84.8 cm³/mol. The van der Waals surface area contributed by atoms with Gasteiger partial charge in [-0.3, -0.25) is 4.18 Å². The molecule has 0 radical (unpaired) electrons. The second-order valence-corrected chi connectivity index (χ2v) is 6.80. The van der Waals surface area contributed by atoms with E-state index in [-0.39, 0.29) is 32.9 Å². The van der Waals surface area contributed by atoms with Gasteiger partial charge in [0.1, 0.15) is 6.61 Å². The first kappa shape index (κ1) is 20.2. The normalized spacial score (nSPS) is 20.6. The molecule has 0 aromatic carbocycles. The van der Waals surface area contributed by atoms with Crippen LogP contribution < -0.4 is 11.1 Å². The standard InChI is InChI=1S/C13H23N3O7S/c1-3-5-22-13(18)16-8-11(23-24(2,19)20)7-10(16)9-21-6-4-15-12(14)17/h3,10-11H,1,4-9H2,2H3,(H3,14,15,17). The van der Waals surface area contributed by atoms with Crippen LogP contribution in [0.1, 0.15) is 6.42 Å². The van der Waals surface area contributed by atoms with E-state index in [1.54, 1.807) is 0 Å². The first-order valence-electron chi connectivity index (χ1n) is 7.26. The molecule has 1 aliphatic rings. The number of carbonyl (C=O) groups excluding carboxylic acids is 2. The Bertz CT molecular complexity index is 552. The number of likely N-dealkylation sites (tertiary alicyclic amines) is 1. The van der Waals surface area contributed by atoms with Gasteiger partial charge in [0.05, 0.1) is 38.2 Å². The minimum Gasteiger partial charge on any atom is -0.445 e. The Balaban J connectivity index is 2.56. The van der Waals surface area contributed by atoms with Crippen LogP contribution in [0, 0.1) is 0 Å². The minimum absolute atomic E-state index is 0.0447. The third-order valence-corrected chi connectivity index (χ3v) is 3.72. The van der Waals surface area contributed by atoms with E-state index in [0.29, 0.717) is 6.42 Å². The van der Waals surface area contributed by atoms with Crippen molar-refractivity contribution in [2.24, 2.45) is 5.73 Å². The zero-order valence-corrected chi connectivity index (χ0v) is 14.3. The number of carbonyl (C=O) groups is 2. The van der Waals surface area contributed by atoms with E-state index in [9.17, 15) is 18.0 Å². The average molecular weight is 365 g/mol. The number of hydrogen-bond acceptors (Lipinski definition) is 7. The maximum atomic E-state index is 12.0. The van der Waals surface area contributed by atoms with E-state index in [4.69, 9.17) is 19.4 Å². The minimum atomic E-state index is -3.63. The topological polar surface area (TPSA) is 137 Å². The van der Waals surface area contributed by atoms with Gasteiger partial charge >= 0.3 is 12.1 Å². The Labute approximate surface area is 141 Å². The Hall–Kier alpha value is -1.85. The van der Waals surface area contributed by atoms with Crippen molar-refractivity contribution in [2.45, 2.75) is 18.6 Å². The Morgan fingerprint density at radius 3 is 2.75 bits per heavy atom. The largest absolute Gasteiger partial charge is 0.445 e. The maximum Gasteiger partial charge on any atom is 0.410 e. The molecule has 0 aliphatic carbocycles. The van der Waals surface area contributed by atoms with Gasteiger partial charge in [-0.15, -0.1) is 0 Å². The molecule has 1 aliphatic heterocycles. The lowest BCUT2D eigenvalue weighted by Gasteiger charge is -2.23. The van der Waals surface area contributed by atoms with Crippen molar-refractivity contribution in [3.63, 3.8) is 0 Å². The molecule has 2 atom stereocenters. The molecule has 1 saturated heterocycles. The number of ether oxygens (including phenoxy) is 2. The van der Waals surface area contributed by atoms with Crippen molar-refractivity contribution in [3.8, 4) is 0 Å². The fourth-order valence-electron chi connectivity index (χ4n) is 2.25. The highest BCUT2D eigenvalue weighted by Gasteiger charge is 2.38. The van der Waals surface area contributed by atoms with Gasteiger partial charge in [-0.05, 0) is 6.42 Å². The number of primary amides is 1. The molecule has 1 rings (SSSR count). The van der Waals surface area contributed by atoms with Crippen LogP contribution in [0.15, 0.2) is 12.7 Å². The van der Waals surface area contributed by atoms with Crippen molar-refractivity contribution >= 4 is 22.2 Å². The molecule has 11 heteroatoms. The summed E-state index contributed by atoms with van der Waals surface area (Å²) in [5.74, 6) is 0. The molecule has 0 aromatic heterocycles. The number of nitrogens with two attached hydrogens (primary N) is 1. The maximum absolute atomic E-state index is 12.0. The summed E-state index contributed by atoms with van der Waals surface area (Å²) in [4.78, 5) is 23.9. The van der Waals surface area contributed by atoms with Crippen molar-refractivity contribution in [1.82, 2.24) is 10.2 Å². The molecule has 24 heavy (non-hydrogen) atoms. The molecule has 1 heterocycles. The van der Waals surface area contributed by atoms with E-state index in [2.05, 4.69) is 11.9 Å². The second kappa shape index (κ2) is 9.45. The van der Waals surface area contributed by atoms with Crippen molar-refractivity contribution in [2.75, 3.05) is 39.2 Å². The molecule has 3 amide bonds. The second-order valence-electron chi connectivity index (χ2n) is 5.20. The molecule has 138 valence electrons. The van der Waals surface area contributed by atoms with Crippen LogP contribution in [0.25, 0.3) is 0 Å². The molecular formula is C13H23N3O7S. The highest BCUT2D eigenvalue weighted by molar-refractivity contribution is 7.86. The zero-order valence-electron chi connectivity index (χ0n) is 13.5. The van der Waals surface area contributed by atoms with Gasteiger partial charge < -0.3 is 25.4 Å². The van der Waals surface area contributed by atoms with E-state index in [1.807, 2.05) is 0 Å². The third kappa shape index (κ3) is 7.62. The van der Waals surface area contributed by atoms with Crippen LogP contribution in [0.2, 0.25) is 0 Å². The molecule has 0 aromatic rings. The fourth-order valence-corrected chi connectivity index (χ4v) is 2.88. The van der Waals surface area contributed by atoms with Crippen molar-refractivity contribution in [3.05, 3.63) is 12.7 Å². The van der Waals surface area contributed by atoms with Crippen LogP contribution in [-0.2, 0) is 23.8 Å². The third-order valence-electron chi connectivity index (χ3n) is 3.10. The van der Waals surface area contributed by atoms with Crippen LogP contribution in [0.3, 0.4) is 0 Å². The molecule has 0 spiro atoms. The molecule has 3 N–H and O–H groups in total. The van der Waals surface area contributed by atoms with Gasteiger partial charge in [0.2, 0.25) is 0 Å². The molecule has 1 fully saturated rings. The van der Waals surface area contributed by atoms with Gasteiger partial charge in [-0.2, -0.15) is 8.42 Å². The van der Waals surface area contributed by atoms with Crippen LogP contribution in [0.5, 0.6) is 0 Å². The van der Waals surface area contributed by atoms with Crippen LogP contribution in [-0.4, -0.2) is 76.8 Å². The summed E-state index contributed by atoms with van der Waals surface area (Å²) in [7, 11) is -3.63. The summed E-state index contributed by atoms with van der Waals surface area (Å²) in [5.41, 5.74) is 4.93. The monoisotopic (exact) mass is 365 g/mol. The zero-order chi connectivity index (χ0) is 18.2. The predicted octanol–water partition coefficient (Wildman–Crippen LogP) is -0.587. The van der Waals surface area contributed by atoms with Gasteiger partial charge in [0.25, 0.3) is 10.1 Å². The number of nitrogens with zero attached hydrogens (tertiary/aromatic N) is 1. The first-order chi connectivity index (χ1) is 11.2. The summed E-state index contributed by atoms with van der Waals surface area (Å²) >= 11 is 0. The average Bonchev–Trinajstić information content (AvgIpc) is 2.84.